The van der Waals surface area contributed by atoms with Gasteiger partial charge < -0.3 is 14.8 Å². The van der Waals surface area contributed by atoms with E-state index < -0.39 is 0 Å². The van der Waals surface area contributed by atoms with Crippen molar-refractivity contribution < 1.29 is 14.3 Å². The monoisotopic (exact) mass is 329 g/mol. The van der Waals surface area contributed by atoms with E-state index in [4.69, 9.17) is 9.47 Å². The van der Waals surface area contributed by atoms with Crippen molar-refractivity contribution in [1.29, 1.82) is 0 Å². The minimum absolute atomic E-state index is 0.0554. The summed E-state index contributed by atoms with van der Waals surface area (Å²) in [7, 11) is 1.42. The fraction of sp³-hybridized carbons (Fsp3) is 0.389. The maximum absolute atomic E-state index is 12.1. The Kier molecular flexibility index (Phi) is 3.83. The number of benzene rings is 1. The zero-order valence-electron chi connectivity index (χ0n) is 13.0. The number of carbonyl (C=O) groups is 1. The molecule has 3 unspecified atom stereocenters. The summed E-state index contributed by atoms with van der Waals surface area (Å²) in [6.45, 7) is 0.783. The molecule has 4 nitrogen and oxygen atoms in total. The summed E-state index contributed by atoms with van der Waals surface area (Å²) in [6, 6.07) is 10.6. The fourth-order valence-electron chi connectivity index (χ4n) is 3.69. The number of nitrogens with one attached hydrogen (secondary N) is 1. The van der Waals surface area contributed by atoms with E-state index in [0.29, 0.717) is 10.8 Å². The largest absolute Gasteiger partial charge is 0.465 e. The molecule has 0 bridgehead atoms. The van der Waals surface area contributed by atoms with Crippen LogP contribution in [0.1, 0.15) is 45.8 Å². The van der Waals surface area contributed by atoms with E-state index in [9.17, 15) is 4.79 Å². The second-order valence-corrected chi connectivity index (χ2v) is 6.90. The van der Waals surface area contributed by atoms with Crippen LogP contribution in [0.25, 0.3) is 0 Å². The van der Waals surface area contributed by atoms with Gasteiger partial charge in [0.15, 0.2) is 0 Å². The summed E-state index contributed by atoms with van der Waals surface area (Å²) < 4.78 is 11.0. The first-order valence-electron chi connectivity index (χ1n) is 7.92. The van der Waals surface area contributed by atoms with E-state index in [1.54, 1.807) is 0 Å². The molecule has 1 aromatic carbocycles. The molecule has 1 aromatic heterocycles. The highest BCUT2D eigenvalue weighted by Gasteiger charge is 2.42. The predicted molar refractivity (Wildman–Crippen MR) is 89.9 cm³/mol. The van der Waals surface area contributed by atoms with Crippen LogP contribution in [0.2, 0.25) is 0 Å². The van der Waals surface area contributed by atoms with Gasteiger partial charge in [-0.1, -0.05) is 30.3 Å². The van der Waals surface area contributed by atoms with Crippen molar-refractivity contribution in [2.45, 2.75) is 25.0 Å². The van der Waals surface area contributed by atoms with Gasteiger partial charge in [0.2, 0.25) is 0 Å². The van der Waals surface area contributed by atoms with Gasteiger partial charge in [-0.2, -0.15) is 0 Å². The van der Waals surface area contributed by atoms with Gasteiger partial charge in [-0.25, -0.2) is 4.79 Å². The number of methoxy groups -OCH3 is 1. The SMILES string of the molecule is COC(=O)c1scc2c1NC(c1ccccc1)C1CCCOC21. The lowest BCUT2D eigenvalue weighted by Crippen LogP contribution is -2.35. The third-order valence-corrected chi connectivity index (χ3v) is 5.73. The van der Waals surface area contributed by atoms with Gasteiger partial charge in [-0.05, 0) is 23.8 Å². The molecule has 120 valence electrons. The minimum atomic E-state index is -0.287. The van der Waals surface area contributed by atoms with Crippen LogP contribution in [0.3, 0.4) is 0 Å². The molecule has 1 N–H and O–H groups in total. The van der Waals surface area contributed by atoms with Crippen LogP contribution in [0.5, 0.6) is 0 Å². The van der Waals surface area contributed by atoms with E-state index in [-0.39, 0.29) is 18.1 Å². The van der Waals surface area contributed by atoms with Crippen LogP contribution in [0, 0.1) is 5.92 Å². The summed E-state index contributed by atoms with van der Waals surface area (Å²) in [4.78, 5) is 12.7. The van der Waals surface area contributed by atoms with E-state index in [1.807, 2.05) is 11.4 Å². The molecule has 0 spiro atoms. The second-order valence-electron chi connectivity index (χ2n) is 6.02. The Labute approximate surface area is 139 Å². The number of hydrogen-bond acceptors (Lipinski definition) is 5. The quantitative estimate of drug-likeness (QED) is 0.840. The van der Waals surface area contributed by atoms with Crippen molar-refractivity contribution in [2.75, 3.05) is 19.0 Å². The molecular formula is C18H19NO3S. The maximum Gasteiger partial charge on any atom is 0.350 e. The normalized spacial score (nSPS) is 25.9. The number of thiophene rings is 1. The standard InChI is InChI=1S/C18H19NO3S/c1-21-18(20)17-15-13(10-23-17)16-12(8-5-9-22-16)14(19-15)11-6-3-2-4-7-11/h2-4,6-7,10,12,14,16,19H,5,8-9H2,1H3. The zero-order chi connectivity index (χ0) is 15.8. The van der Waals surface area contributed by atoms with E-state index in [2.05, 4.69) is 29.6 Å². The van der Waals surface area contributed by atoms with Crippen molar-refractivity contribution in [3.05, 3.63) is 51.7 Å². The molecule has 5 heteroatoms. The molecule has 1 fully saturated rings. The first kappa shape index (κ1) is 14.7. The van der Waals surface area contributed by atoms with Crippen LogP contribution >= 0.6 is 11.3 Å². The summed E-state index contributed by atoms with van der Waals surface area (Å²) in [6.07, 6.45) is 2.26. The summed E-state index contributed by atoms with van der Waals surface area (Å²) in [5, 5.41) is 5.65. The minimum Gasteiger partial charge on any atom is -0.465 e. The highest BCUT2D eigenvalue weighted by atomic mass is 32.1. The number of hydrogen-bond donors (Lipinski definition) is 1. The molecule has 2 aliphatic heterocycles. The Balaban J connectivity index is 1.79. The summed E-state index contributed by atoms with van der Waals surface area (Å²) >= 11 is 1.43. The molecule has 0 aliphatic carbocycles. The molecule has 4 rings (SSSR count). The number of ether oxygens (including phenoxy) is 2. The lowest BCUT2D eigenvalue weighted by molar-refractivity contribution is -0.0378. The van der Waals surface area contributed by atoms with Gasteiger partial charge >= 0.3 is 5.97 Å². The molecule has 2 aliphatic rings. The molecule has 23 heavy (non-hydrogen) atoms. The third kappa shape index (κ3) is 2.44. The van der Waals surface area contributed by atoms with Gasteiger partial charge in [0.25, 0.3) is 0 Å². The predicted octanol–water partition coefficient (Wildman–Crippen LogP) is 4.17. The molecule has 1 saturated heterocycles. The third-order valence-electron chi connectivity index (χ3n) is 4.75. The smallest absolute Gasteiger partial charge is 0.350 e. The van der Waals surface area contributed by atoms with Crippen LogP contribution < -0.4 is 5.32 Å². The van der Waals surface area contributed by atoms with Crippen molar-refractivity contribution in [3.8, 4) is 0 Å². The number of anilines is 1. The first-order chi connectivity index (χ1) is 11.3. The van der Waals surface area contributed by atoms with Crippen molar-refractivity contribution in [3.63, 3.8) is 0 Å². The Morgan fingerprint density at radius 2 is 2.17 bits per heavy atom. The van der Waals surface area contributed by atoms with Crippen molar-refractivity contribution >= 4 is 23.0 Å². The van der Waals surface area contributed by atoms with E-state index in [0.717, 1.165) is 30.7 Å². The van der Waals surface area contributed by atoms with E-state index >= 15 is 0 Å². The fourth-order valence-corrected chi connectivity index (χ4v) is 4.66. The Morgan fingerprint density at radius 1 is 1.35 bits per heavy atom. The highest BCUT2D eigenvalue weighted by molar-refractivity contribution is 7.12. The number of fused-ring (bicyclic) bond motifs is 3. The van der Waals surface area contributed by atoms with E-state index in [1.165, 1.54) is 24.0 Å². The molecular weight excluding hydrogens is 310 g/mol. The number of esters is 1. The topological polar surface area (TPSA) is 47.6 Å². The molecule has 0 saturated carbocycles. The molecule has 3 atom stereocenters. The average Bonchev–Trinajstić information content (AvgIpc) is 3.05. The Hall–Kier alpha value is -1.85. The zero-order valence-corrected chi connectivity index (χ0v) is 13.8. The first-order valence-corrected chi connectivity index (χ1v) is 8.80. The second kappa shape index (κ2) is 5.98. The summed E-state index contributed by atoms with van der Waals surface area (Å²) in [5.74, 6) is 0.101. The van der Waals surface area contributed by atoms with Gasteiger partial charge in [-0.15, -0.1) is 11.3 Å². The maximum atomic E-state index is 12.1. The van der Waals surface area contributed by atoms with Crippen LogP contribution in [-0.4, -0.2) is 19.7 Å². The number of carbonyl (C=O) groups excluding carboxylic acids is 1. The molecule has 0 amide bonds. The van der Waals surface area contributed by atoms with Crippen LogP contribution in [0.15, 0.2) is 35.7 Å². The molecule has 2 aromatic rings. The van der Waals surface area contributed by atoms with Crippen LogP contribution in [-0.2, 0) is 9.47 Å². The van der Waals surface area contributed by atoms with Gasteiger partial charge in [-0.3, -0.25) is 0 Å². The Morgan fingerprint density at radius 3 is 2.96 bits per heavy atom. The molecule has 3 heterocycles. The number of rotatable bonds is 2. The Bertz CT molecular complexity index is 712. The molecule has 0 radical (unpaired) electrons. The van der Waals surface area contributed by atoms with Gasteiger partial charge in [0, 0.05) is 18.1 Å². The van der Waals surface area contributed by atoms with Gasteiger partial charge in [0.05, 0.1) is 24.9 Å². The van der Waals surface area contributed by atoms with Gasteiger partial charge in [0.1, 0.15) is 4.88 Å². The van der Waals surface area contributed by atoms with Crippen molar-refractivity contribution in [2.24, 2.45) is 5.92 Å². The average molecular weight is 329 g/mol. The van der Waals surface area contributed by atoms with Crippen LogP contribution in [0.4, 0.5) is 5.69 Å². The lowest BCUT2D eigenvalue weighted by Gasteiger charge is -2.42. The lowest BCUT2D eigenvalue weighted by atomic mass is 9.78. The summed E-state index contributed by atoms with van der Waals surface area (Å²) in [5.41, 5.74) is 3.23. The van der Waals surface area contributed by atoms with Crippen molar-refractivity contribution in [1.82, 2.24) is 0 Å². The highest BCUT2D eigenvalue weighted by Crippen LogP contribution is 2.51.